The zero-order valence-corrected chi connectivity index (χ0v) is 13.8. The lowest BCUT2D eigenvalue weighted by Crippen LogP contribution is -2.52. The van der Waals surface area contributed by atoms with Gasteiger partial charge in [0.1, 0.15) is 5.75 Å². The van der Waals surface area contributed by atoms with Gasteiger partial charge < -0.3 is 15.2 Å². The summed E-state index contributed by atoms with van der Waals surface area (Å²) >= 11 is 0. The number of aryl methyl sites for hydroxylation is 1. The standard InChI is InChI=1S/C19H21NO4/c1-3-19(18(22)23,15-7-5-4-6-8-15)20-17(21)13-24-16-11-9-14(2)10-12-16/h4-12H,3,13H2,1-2H3,(H,20,21)(H,22,23). The Bertz CT molecular complexity index is 697. The predicted octanol–water partition coefficient (Wildman–Crippen LogP) is 2.88. The van der Waals surface area contributed by atoms with Crippen molar-refractivity contribution in [2.75, 3.05) is 6.61 Å². The molecule has 2 N–H and O–H groups in total. The van der Waals surface area contributed by atoms with Crippen molar-refractivity contribution in [2.45, 2.75) is 25.8 Å². The highest BCUT2D eigenvalue weighted by atomic mass is 16.5. The van der Waals surface area contributed by atoms with Crippen LogP contribution in [0.1, 0.15) is 24.5 Å². The van der Waals surface area contributed by atoms with Gasteiger partial charge in [-0.15, -0.1) is 0 Å². The van der Waals surface area contributed by atoms with Crippen molar-refractivity contribution in [1.82, 2.24) is 5.32 Å². The van der Waals surface area contributed by atoms with Gasteiger partial charge in [0.15, 0.2) is 12.1 Å². The van der Waals surface area contributed by atoms with Crippen LogP contribution in [0.4, 0.5) is 0 Å². The van der Waals surface area contributed by atoms with Crippen LogP contribution in [0.3, 0.4) is 0 Å². The van der Waals surface area contributed by atoms with Crippen molar-refractivity contribution in [1.29, 1.82) is 0 Å². The number of carbonyl (C=O) groups is 2. The van der Waals surface area contributed by atoms with Gasteiger partial charge in [0.2, 0.25) is 0 Å². The molecule has 1 unspecified atom stereocenters. The summed E-state index contributed by atoms with van der Waals surface area (Å²) in [5, 5.41) is 12.3. The predicted molar refractivity (Wildman–Crippen MR) is 90.9 cm³/mol. The molecule has 2 aromatic rings. The Morgan fingerprint density at radius 2 is 1.71 bits per heavy atom. The van der Waals surface area contributed by atoms with E-state index in [-0.39, 0.29) is 13.0 Å². The van der Waals surface area contributed by atoms with Crippen LogP contribution in [0, 0.1) is 6.92 Å². The molecule has 0 fully saturated rings. The Labute approximate surface area is 141 Å². The van der Waals surface area contributed by atoms with Crippen LogP contribution >= 0.6 is 0 Å². The molecule has 0 saturated heterocycles. The van der Waals surface area contributed by atoms with Crippen LogP contribution < -0.4 is 10.1 Å². The highest BCUT2D eigenvalue weighted by Gasteiger charge is 2.40. The number of carbonyl (C=O) groups excluding carboxylic acids is 1. The molecule has 5 heteroatoms. The molecule has 24 heavy (non-hydrogen) atoms. The second-order valence-corrected chi connectivity index (χ2v) is 5.58. The molecular formula is C19H21NO4. The average Bonchev–Trinajstić information content (AvgIpc) is 2.59. The Kier molecular flexibility index (Phi) is 5.58. The van der Waals surface area contributed by atoms with Crippen LogP contribution in [-0.4, -0.2) is 23.6 Å². The smallest absolute Gasteiger partial charge is 0.334 e. The zero-order chi connectivity index (χ0) is 17.6. The van der Waals surface area contributed by atoms with Crippen LogP contribution in [0.2, 0.25) is 0 Å². The number of benzene rings is 2. The summed E-state index contributed by atoms with van der Waals surface area (Å²) in [5.41, 5.74) is 0.157. The Morgan fingerprint density at radius 3 is 2.25 bits per heavy atom. The Morgan fingerprint density at radius 1 is 1.08 bits per heavy atom. The number of amides is 1. The molecule has 0 aliphatic rings. The molecule has 2 rings (SSSR count). The summed E-state index contributed by atoms with van der Waals surface area (Å²) in [6, 6.07) is 16.0. The third-order valence-electron chi connectivity index (χ3n) is 3.91. The summed E-state index contributed by atoms with van der Waals surface area (Å²) in [4.78, 5) is 24.1. The zero-order valence-electron chi connectivity index (χ0n) is 13.8. The highest BCUT2D eigenvalue weighted by Crippen LogP contribution is 2.25. The van der Waals surface area contributed by atoms with E-state index >= 15 is 0 Å². The van der Waals surface area contributed by atoms with Crippen molar-refractivity contribution in [3.63, 3.8) is 0 Å². The number of carboxylic acid groups (broad SMARTS) is 1. The van der Waals surface area contributed by atoms with Crippen molar-refractivity contribution < 1.29 is 19.4 Å². The molecule has 2 aromatic carbocycles. The number of hydrogen-bond donors (Lipinski definition) is 2. The van der Waals surface area contributed by atoms with Crippen molar-refractivity contribution in [3.8, 4) is 5.75 Å². The highest BCUT2D eigenvalue weighted by molar-refractivity contribution is 5.88. The van der Waals surface area contributed by atoms with E-state index in [2.05, 4.69) is 5.32 Å². The van der Waals surface area contributed by atoms with Gasteiger partial charge in [-0.05, 0) is 31.0 Å². The van der Waals surface area contributed by atoms with E-state index in [1.807, 2.05) is 19.1 Å². The average molecular weight is 327 g/mol. The summed E-state index contributed by atoms with van der Waals surface area (Å²) in [6.45, 7) is 3.44. The first-order valence-corrected chi connectivity index (χ1v) is 7.77. The summed E-state index contributed by atoms with van der Waals surface area (Å²) in [6.07, 6.45) is 0.225. The maximum absolute atomic E-state index is 12.2. The molecule has 5 nitrogen and oxygen atoms in total. The molecule has 0 bridgehead atoms. The van der Waals surface area contributed by atoms with Crippen LogP contribution in [0.5, 0.6) is 5.75 Å². The third-order valence-corrected chi connectivity index (χ3v) is 3.91. The van der Waals surface area contributed by atoms with Gasteiger partial charge in [-0.25, -0.2) is 4.79 Å². The van der Waals surface area contributed by atoms with Gasteiger partial charge in [-0.3, -0.25) is 4.79 Å². The molecule has 0 aromatic heterocycles. The lowest BCUT2D eigenvalue weighted by atomic mass is 9.87. The van der Waals surface area contributed by atoms with E-state index in [0.29, 0.717) is 11.3 Å². The number of aliphatic carboxylic acids is 1. The maximum Gasteiger partial charge on any atom is 0.334 e. The van der Waals surface area contributed by atoms with E-state index in [4.69, 9.17) is 4.74 Å². The summed E-state index contributed by atoms with van der Waals surface area (Å²) in [5.74, 6) is -1.02. The minimum absolute atomic E-state index is 0.225. The molecule has 0 saturated carbocycles. The van der Waals surface area contributed by atoms with Crippen LogP contribution in [-0.2, 0) is 15.1 Å². The normalized spacial score (nSPS) is 12.9. The summed E-state index contributed by atoms with van der Waals surface area (Å²) < 4.78 is 5.42. The first-order chi connectivity index (χ1) is 11.5. The van der Waals surface area contributed by atoms with Gasteiger partial charge in [0.25, 0.3) is 5.91 Å². The second kappa shape index (κ2) is 7.64. The van der Waals surface area contributed by atoms with Gasteiger partial charge in [-0.2, -0.15) is 0 Å². The van der Waals surface area contributed by atoms with Crippen molar-refractivity contribution >= 4 is 11.9 Å². The quantitative estimate of drug-likeness (QED) is 0.820. The van der Waals surface area contributed by atoms with Gasteiger partial charge in [0.05, 0.1) is 0 Å². The van der Waals surface area contributed by atoms with E-state index in [1.54, 1.807) is 49.4 Å². The van der Waals surface area contributed by atoms with Crippen molar-refractivity contribution in [2.24, 2.45) is 0 Å². The molecule has 126 valence electrons. The number of nitrogens with one attached hydrogen (secondary N) is 1. The van der Waals surface area contributed by atoms with Crippen molar-refractivity contribution in [3.05, 3.63) is 65.7 Å². The molecule has 1 amide bonds. The molecule has 0 aliphatic heterocycles. The summed E-state index contributed by atoms with van der Waals surface area (Å²) in [7, 11) is 0. The van der Waals surface area contributed by atoms with E-state index in [9.17, 15) is 14.7 Å². The third kappa shape index (κ3) is 3.93. The molecular weight excluding hydrogens is 306 g/mol. The molecule has 0 spiro atoms. The fourth-order valence-corrected chi connectivity index (χ4v) is 2.47. The van der Waals surface area contributed by atoms with E-state index < -0.39 is 17.4 Å². The minimum atomic E-state index is -1.46. The van der Waals surface area contributed by atoms with E-state index in [0.717, 1.165) is 5.56 Å². The number of rotatable bonds is 7. The maximum atomic E-state index is 12.2. The first kappa shape index (κ1) is 17.5. The lowest BCUT2D eigenvalue weighted by molar-refractivity contribution is -0.148. The second-order valence-electron chi connectivity index (χ2n) is 5.58. The largest absolute Gasteiger partial charge is 0.484 e. The van der Waals surface area contributed by atoms with Gasteiger partial charge in [-0.1, -0.05) is 55.0 Å². The first-order valence-electron chi connectivity index (χ1n) is 7.77. The number of ether oxygens (including phenoxy) is 1. The monoisotopic (exact) mass is 327 g/mol. The number of carboxylic acids is 1. The molecule has 0 heterocycles. The van der Waals surface area contributed by atoms with Crippen LogP contribution in [0.25, 0.3) is 0 Å². The lowest BCUT2D eigenvalue weighted by Gasteiger charge is -2.30. The van der Waals surface area contributed by atoms with E-state index in [1.165, 1.54) is 0 Å². The molecule has 0 aliphatic carbocycles. The van der Waals surface area contributed by atoms with Gasteiger partial charge in [0, 0.05) is 0 Å². The van der Waals surface area contributed by atoms with Crippen LogP contribution in [0.15, 0.2) is 54.6 Å². The topological polar surface area (TPSA) is 75.6 Å². The minimum Gasteiger partial charge on any atom is -0.484 e. The SMILES string of the molecule is CCC(NC(=O)COc1ccc(C)cc1)(C(=O)O)c1ccccc1. The Balaban J connectivity index is 2.10. The fraction of sp³-hybridized carbons (Fsp3) is 0.263. The molecule has 0 radical (unpaired) electrons. The number of hydrogen-bond acceptors (Lipinski definition) is 3. The molecule has 1 atom stereocenters. The Hall–Kier alpha value is -2.82. The fourth-order valence-electron chi connectivity index (χ4n) is 2.47. The van der Waals surface area contributed by atoms with Gasteiger partial charge >= 0.3 is 5.97 Å².